The lowest BCUT2D eigenvalue weighted by molar-refractivity contribution is -0.142. The van der Waals surface area contributed by atoms with Crippen molar-refractivity contribution >= 4 is 18.2 Å². The van der Waals surface area contributed by atoms with Crippen molar-refractivity contribution in [1.82, 2.24) is 15.1 Å². The minimum Gasteiger partial charge on any atom is -0.356 e. The predicted molar refractivity (Wildman–Crippen MR) is 60.0 cm³/mol. The fourth-order valence-electron chi connectivity index (χ4n) is 2.30. The quantitative estimate of drug-likeness (QED) is 0.616. The van der Waals surface area contributed by atoms with Crippen LogP contribution in [-0.4, -0.2) is 60.7 Å². The van der Waals surface area contributed by atoms with E-state index in [1.54, 1.807) is 9.80 Å². The number of hydrogen-bond donors (Lipinski definition) is 1. The van der Waals surface area contributed by atoms with E-state index in [0.717, 1.165) is 12.8 Å². The van der Waals surface area contributed by atoms with Gasteiger partial charge in [-0.2, -0.15) is 0 Å². The molecule has 6 nitrogen and oxygen atoms in total. The summed E-state index contributed by atoms with van der Waals surface area (Å²) in [5.74, 6) is -0.155. The van der Waals surface area contributed by atoms with E-state index in [9.17, 15) is 14.4 Å². The lowest BCUT2D eigenvalue weighted by Gasteiger charge is -2.35. The van der Waals surface area contributed by atoms with Gasteiger partial charge in [-0.05, 0) is 6.42 Å². The Bertz CT molecular complexity index is 324. The lowest BCUT2D eigenvalue weighted by atomic mass is 9.96. The van der Waals surface area contributed by atoms with E-state index < -0.39 is 0 Å². The number of piperidine rings is 1. The Balaban J connectivity index is 1.87. The van der Waals surface area contributed by atoms with E-state index in [4.69, 9.17) is 0 Å². The number of carbonyl (C=O) groups excluding carboxylic acids is 3. The van der Waals surface area contributed by atoms with Crippen LogP contribution < -0.4 is 5.32 Å². The second-order valence-electron chi connectivity index (χ2n) is 4.51. The first kappa shape index (κ1) is 11.9. The Kier molecular flexibility index (Phi) is 3.61. The maximum atomic E-state index is 12.1. The molecule has 1 unspecified atom stereocenters. The van der Waals surface area contributed by atoms with Gasteiger partial charge in [-0.25, -0.2) is 0 Å². The Labute approximate surface area is 99.9 Å². The summed E-state index contributed by atoms with van der Waals surface area (Å²) in [5, 5.41) is 2.72. The molecule has 1 atom stereocenters. The lowest BCUT2D eigenvalue weighted by Crippen LogP contribution is -2.51. The zero-order valence-corrected chi connectivity index (χ0v) is 9.72. The number of amides is 3. The molecule has 0 bridgehead atoms. The highest BCUT2D eigenvalue weighted by molar-refractivity contribution is 5.87. The number of carbonyl (C=O) groups is 3. The number of rotatable bonds is 2. The second-order valence-corrected chi connectivity index (χ2v) is 4.51. The van der Waals surface area contributed by atoms with Crippen LogP contribution in [0, 0.1) is 5.92 Å². The molecule has 1 N–H and O–H groups in total. The fourth-order valence-corrected chi connectivity index (χ4v) is 2.30. The molecule has 94 valence electrons. The molecule has 2 aliphatic rings. The molecule has 0 aromatic carbocycles. The molecule has 2 rings (SSSR count). The fraction of sp³-hybridized carbons (Fsp3) is 0.727. The van der Waals surface area contributed by atoms with Gasteiger partial charge in [0.05, 0.1) is 0 Å². The van der Waals surface area contributed by atoms with Crippen molar-refractivity contribution in [3.8, 4) is 0 Å². The minimum absolute atomic E-state index is 0.0406. The van der Waals surface area contributed by atoms with Gasteiger partial charge >= 0.3 is 0 Å². The van der Waals surface area contributed by atoms with Crippen molar-refractivity contribution < 1.29 is 14.4 Å². The van der Waals surface area contributed by atoms with Crippen molar-refractivity contribution in [3.63, 3.8) is 0 Å². The summed E-state index contributed by atoms with van der Waals surface area (Å²) in [6.07, 6.45) is 1.83. The van der Waals surface area contributed by atoms with Crippen LogP contribution >= 0.6 is 0 Å². The third-order valence-corrected chi connectivity index (χ3v) is 3.37. The molecular formula is C11H17N3O3. The van der Waals surface area contributed by atoms with Crippen LogP contribution in [0.2, 0.25) is 0 Å². The zero-order valence-electron chi connectivity index (χ0n) is 9.72. The van der Waals surface area contributed by atoms with Gasteiger partial charge in [-0.3, -0.25) is 14.4 Å². The smallest absolute Gasteiger partial charge is 0.226 e. The van der Waals surface area contributed by atoms with Crippen molar-refractivity contribution in [2.45, 2.75) is 12.8 Å². The number of piperazine rings is 1. The van der Waals surface area contributed by atoms with Crippen molar-refractivity contribution in [3.05, 3.63) is 0 Å². The van der Waals surface area contributed by atoms with Crippen LogP contribution in [0.1, 0.15) is 12.8 Å². The van der Waals surface area contributed by atoms with Crippen LogP contribution in [-0.2, 0) is 14.4 Å². The van der Waals surface area contributed by atoms with E-state index in [1.165, 1.54) is 0 Å². The average molecular weight is 239 g/mol. The zero-order chi connectivity index (χ0) is 12.3. The van der Waals surface area contributed by atoms with Crippen LogP contribution in [0.5, 0.6) is 0 Å². The first-order chi connectivity index (χ1) is 8.20. The highest BCUT2D eigenvalue weighted by Crippen LogP contribution is 2.16. The number of nitrogens with zero attached hydrogens (tertiary/aromatic N) is 2. The molecule has 0 saturated carbocycles. The van der Waals surface area contributed by atoms with E-state index in [0.29, 0.717) is 39.1 Å². The second kappa shape index (κ2) is 5.16. The monoisotopic (exact) mass is 239 g/mol. The van der Waals surface area contributed by atoms with Crippen molar-refractivity contribution in [2.75, 3.05) is 32.7 Å². The molecule has 2 heterocycles. The molecule has 0 radical (unpaired) electrons. The molecule has 2 aliphatic heterocycles. The first-order valence-electron chi connectivity index (χ1n) is 5.95. The molecular weight excluding hydrogens is 222 g/mol. The van der Waals surface area contributed by atoms with Gasteiger partial charge in [0.1, 0.15) is 0 Å². The van der Waals surface area contributed by atoms with E-state index >= 15 is 0 Å². The Morgan fingerprint density at radius 2 is 2.00 bits per heavy atom. The third-order valence-electron chi connectivity index (χ3n) is 3.37. The summed E-state index contributed by atoms with van der Waals surface area (Å²) in [6.45, 7) is 2.93. The molecule has 3 amide bonds. The summed E-state index contributed by atoms with van der Waals surface area (Å²) in [4.78, 5) is 37.3. The normalized spacial score (nSPS) is 25.4. The van der Waals surface area contributed by atoms with Crippen LogP contribution in [0.3, 0.4) is 0 Å². The van der Waals surface area contributed by atoms with Gasteiger partial charge in [0, 0.05) is 45.1 Å². The maximum Gasteiger partial charge on any atom is 0.226 e. The van der Waals surface area contributed by atoms with E-state index in [2.05, 4.69) is 5.32 Å². The standard InChI is InChI=1S/C11H17N3O3/c15-8-13-3-5-14(6-4-13)11(17)9-1-2-12-10(16)7-9/h8-9H,1-7H2,(H,12,16). The first-order valence-corrected chi connectivity index (χ1v) is 5.95. The Hall–Kier alpha value is -1.59. The average Bonchev–Trinajstić information content (AvgIpc) is 2.38. The molecule has 2 fully saturated rings. The van der Waals surface area contributed by atoms with Crippen LogP contribution in [0.15, 0.2) is 0 Å². The van der Waals surface area contributed by atoms with Crippen LogP contribution in [0.25, 0.3) is 0 Å². The van der Waals surface area contributed by atoms with E-state index in [1.807, 2.05) is 0 Å². The number of nitrogens with one attached hydrogen (secondary N) is 1. The summed E-state index contributed by atoms with van der Waals surface area (Å²) in [6, 6.07) is 0. The summed E-state index contributed by atoms with van der Waals surface area (Å²) >= 11 is 0. The molecule has 0 aliphatic carbocycles. The maximum absolute atomic E-state index is 12.1. The Morgan fingerprint density at radius 1 is 1.29 bits per heavy atom. The van der Waals surface area contributed by atoms with Gasteiger partial charge in [-0.1, -0.05) is 0 Å². The SMILES string of the molecule is O=CN1CCN(C(=O)C2CCNC(=O)C2)CC1. The molecule has 6 heteroatoms. The predicted octanol–water partition coefficient (Wildman–Crippen LogP) is -1.19. The molecule has 0 aromatic heterocycles. The van der Waals surface area contributed by atoms with Gasteiger partial charge in [0.2, 0.25) is 18.2 Å². The van der Waals surface area contributed by atoms with Gasteiger partial charge in [-0.15, -0.1) is 0 Å². The minimum atomic E-state index is -0.175. The van der Waals surface area contributed by atoms with Crippen molar-refractivity contribution in [2.24, 2.45) is 5.92 Å². The molecule has 2 saturated heterocycles. The summed E-state index contributed by atoms with van der Waals surface area (Å²) in [5.41, 5.74) is 0. The van der Waals surface area contributed by atoms with Crippen molar-refractivity contribution in [1.29, 1.82) is 0 Å². The molecule has 0 spiro atoms. The topological polar surface area (TPSA) is 69.7 Å². The van der Waals surface area contributed by atoms with Gasteiger partial charge in [0.25, 0.3) is 0 Å². The number of hydrogen-bond acceptors (Lipinski definition) is 3. The summed E-state index contributed by atoms with van der Waals surface area (Å²) in [7, 11) is 0. The third kappa shape index (κ3) is 2.75. The highest BCUT2D eigenvalue weighted by Gasteiger charge is 2.30. The van der Waals surface area contributed by atoms with Gasteiger partial charge in [0.15, 0.2) is 0 Å². The molecule has 0 aromatic rings. The molecule has 17 heavy (non-hydrogen) atoms. The highest BCUT2D eigenvalue weighted by atomic mass is 16.2. The Morgan fingerprint density at radius 3 is 2.59 bits per heavy atom. The van der Waals surface area contributed by atoms with Gasteiger partial charge < -0.3 is 15.1 Å². The summed E-state index contributed by atoms with van der Waals surface area (Å²) < 4.78 is 0. The van der Waals surface area contributed by atoms with Crippen LogP contribution in [0.4, 0.5) is 0 Å². The van der Waals surface area contributed by atoms with E-state index in [-0.39, 0.29) is 17.7 Å². The largest absolute Gasteiger partial charge is 0.356 e.